The van der Waals surface area contributed by atoms with E-state index < -0.39 is 0 Å². The number of rotatable bonds is 7. The van der Waals surface area contributed by atoms with E-state index in [0.717, 1.165) is 11.1 Å². The molecule has 0 bridgehead atoms. The first-order valence-electron chi connectivity index (χ1n) is 9.39. The molecule has 152 valence electrons. The van der Waals surface area contributed by atoms with Crippen LogP contribution in [0.15, 0.2) is 71.8 Å². The Morgan fingerprint density at radius 1 is 1.20 bits per heavy atom. The lowest BCUT2D eigenvalue weighted by atomic mass is 10.1. The average molecular weight is 403 g/mol. The lowest BCUT2D eigenvalue weighted by molar-refractivity contribution is 0.0769. The maximum absolute atomic E-state index is 12.7. The van der Waals surface area contributed by atoms with Crippen molar-refractivity contribution < 1.29 is 14.1 Å². The van der Waals surface area contributed by atoms with Crippen LogP contribution in [-0.4, -0.2) is 44.7 Å². The van der Waals surface area contributed by atoms with E-state index in [4.69, 9.17) is 9.26 Å². The predicted octanol–water partition coefficient (Wildman–Crippen LogP) is 3.26. The molecule has 0 atom stereocenters. The van der Waals surface area contributed by atoms with Gasteiger partial charge in [0.05, 0.1) is 20.0 Å². The van der Waals surface area contributed by atoms with Gasteiger partial charge in [0.25, 0.3) is 5.91 Å². The summed E-state index contributed by atoms with van der Waals surface area (Å²) in [6, 6.07) is 14.9. The molecule has 0 unspecified atom stereocenters. The number of imidazole rings is 1. The molecule has 4 rings (SSSR count). The minimum absolute atomic E-state index is 0.120. The smallest absolute Gasteiger partial charge is 0.254 e. The molecule has 2 aromatic carbocycles. The molecular weight excluding hydrogens is 382 g/mol. The average Bonchev–Trinajstić information content (AvgIpc) is 3.46. The molecule has 1 amide bonds. The van der Waals surface area contributed by atoms with Crippen LogP contribution in [-0.2, 0) is 13.1 Å². The van der Waals surface area contributed by atoms with Gasteiger partial charge in [-0.3, -0.25) is 4.79 Å². The molecule has 8 nitrogen and oxygen atoms in total. The summed E-state index contributed by atoms with van der Waals surface area (Å²) in [7, 11) is 3.31. The van der Waals surface area contributed by atoms with Gasteiger partial charge in [-0.05, 0) is 29.8 Å². The number of methoxy groups -OCH3 is 1. The van der Waals surface area contributed by atoms with E-state index in [2.05, 4.69) is 15.1 Å². The van der Waals surface area contributed by atoms with Crippen molar-refractivity contribution in [3.63, 3.8) is 0 Å². The maximum Gasteiger partial charge on any atom is 0.254 e. The summed E-state index contributed by atoms with van der Waals surface area (Å²) in [5, 5.41) is 4.01. The number of amides is 1. The summed E-state index contributed by atoms with van der Waals surface area (Å²) in [6.45, 7) is 0.923. The van der Waals surface area contributed by atoms with Gasteiger partial charge in [0.1, 0.15) is 5.75 Å². The third kappa shape index (κ3) is 4.38. The van der Waals surface area contributed by atoms with Crippen LogP contribution in [0.1, 0.15) is 21.8 Å². The largest absolute Gasteiger partial charge is 0.497 e. The molecule has 0 aliphatic heterocycles. The fourth-order valence-corrected chi connectivity index (χ4v) is 3.04. The van der Waals surface area contributed by atoms with Crippen LogP contribution < -0.4 is 4.74 Å². The minimum atomic E-state index is -0.120. The van der Waals surface area contributed by atoms with E-state index in [9.17, 15) is 4.79 Å². The van der Waals surface area contributed by atoms with Crippen molar-refractivity contribution in [1.82, 2.24) is 24.6 Å². The van der Waals surface area contributed by atoms with Crippen LogP contribution in [0, 0.1) is 0 Å². The van der Waals surface area contributed by atoms with Crippen LogP contribution in [0.4, 0.5) is 0 Å². The Morgan fingerprint density at radius 3 is 2.77 bits per heavy atom. The van der Waals surface area contributed by atoms with E-state index >= 15 is 0 Å². The summed E-state index contributed by atoms with van der Waals surface area (Å²) < 4.78 is 12.5. The Bertz CT molecular complexity index is 1120. The van der Waals surface area contributed by atoms with Crippen molar-refractivity contribution in [3.05, 3.63) is 84.3 Å². The Balaban J connectivity index is 1.40. The SMILES string of the molecule is COc1cccc(-c2noc(CN(C)C(=O)c3ccc(Cn4ccnc4)cc3)n2)c1. The monoisotopic (exact) mass is 403 g/mol. The molecule has 0 saturated heterocycles. The Hall–Kier alpha value is -3.94. The second-order valence-electron chi connectivity index (χ2n) is 6.84. The zero-order valence-corrected chi connectivity index (χ0v) is 16.7. The van der Waals surface area contributed by atoms with E-state index in [-0.39, 0.29) is 12.5 Å². The standard InChI is InChI=1S/C22H21N5O3/c1-26(14-20-24-21(25-30-20)18-4-3-5-19(12-18)29-2)22(28)17-8-6-16(7-9-17)13-27-11-10-23-15-27/h3-12,15H,13-14H2,1-2H3. The summed E-state index contributed by atoms with van der Waals surface area (Å²) in [5.74, 6) is 1.40. The molecule has 4 aromatic rings. The van der Waals surface area contributed by atoms with Crippen LogP contribution >= 0.6 is 0 Å². The molecule has 30 heavy (non-hydrogen) atoms. The van der Waals surface area contributed by atoms with Gasteiger partial charge in [0, 0.05) is 37.1 Å². The highest BCUT2D eigenvalue weighted by Gasteiger charge is 2.16. The number of carbonyl (C=O) groups excluding carboxylic acids is 1. The van der Waals surface area contributed by atoms with Crippen molar-refractivity contribution in [2.45, 2.75) is 13.1 Å². The maximum atomic E-state index is 12.7. The van der Waals surface area contributed by atoms with Gasteiger partial charge in [-0.1, -0.05) is 29.4 Å². The number of ether oxygens (including phenoxy) is 1. The molecule has 2 aromatic heterocycles. The summed E-state index contributed by atoms with van der Waals surface area (Å²) in [6.07, 6.45) is 5.40. The molecule has 0 saturated carbocycles. The first kappa shape index (κ1) is 19.4. The molecule has 0 spiro atoms. The molecule has 0 fully saturated rings. The fourth-order valence-electron chi connectivity index (χ4n) is 3.04. The molecule has 0 N–H and O–H groups in total. The van der Waals surface area contributed by atoms with Crippen LogP contribution in [0.2, 0.25) is 0 Å². The first-order chi connectivity index (χ1) is 14.6. The number of carbonyl (C=O) groups is 1. The lowest BCUT2D eigenvalue weighted by Gasteiger charge is -2.15. The molecule has 8 heteroatoms. The van der Waals surface area contributed by atoms with Gasteiger partial charge >= 0.3 is 0 Å². The number of hydrogen-bond acceptors (Lipinski definition) is 6. The predicted molar refractivity (Wildman–Crippen MR) is 110 cm³/mol. The first-order valence-corrected chi connectivity index (χ1v) is 9.39. The number of aromatic nitrogens is 4. The molecule has 0 aliphatic rings. The highest BCUT2D eigenvalue weighted by molar-refractivity contribution is 5.94. The number of nitrogens with zero attached hydrogens (tertiary/aromatic N) is 5. The Morgan fingerprint density at radius 2 is 2.03 bits per heavy atom. The van der Waals surface area contributed by atoms with Gasteiger partial charge in [-0.2, -0.15) is 4.98 Å². The molecule has 0 radical (unpaired) electrons. The second kappa shape index (κ2) is 8.60. The third-order valence-electron chi connectivity index (χ3n) is 4.64. The number of benzene rings is 2. The normalized spacial score (nSPS) is 10.7. The van der Waals surface area contributed by atoms with Crippen molar-refractivity contribution in [3.8, 4) is 17.1 Å². The topological polar surface area (TPSA) is 86.3 Å². The van der Waals surface area contributed by atoms with Crippen molar-refractivity contribution >= 4 is 5.91 Å². The fraction of sp³-hybridized carbons (Fsp3) is 0.182. The van der Waals surface area contributed by atoms with Crippen LogP contribution in [0.3, 0.4) is 0 Å². The van der Waals surface area contributed by atoms with Gasteiger partial charge in [-0.25, -0.2) is 4.98 Å². The minimum Gasteiger partial charge on any atom is -0.497 e. The molecule has 2 heterocycles. The van der Waals surface area contributed by atoms with Crippen LogP contribution in [0.25, 0.3) is 11.4 Å². The van der Waals surface area contributed by atoms with Gasteiger partial charge in [0.2, 0.25) is 11.7 Å². The van der Waals surface area contributed by atoms with Crippen LogP contribution in [0.5, 0.6) is 5.75 Å². The zero-order valence-electron chi connectivity index (χ0n) is 16.7. The van der Waals surface area contributed by atoms with Gasteiger partial charge < -0.3 is 18.7 Å². The third-order valence-corrected chi connectivity index (χ3v) is 4.64. The van der Waals surface area contributed by atoms with E-state index in [1.165, 1.54) is 0 Å². The van der Waals surface area contributed by atoms with Crippen molar-refractivity contribution in [1.29, 1.82) is 0 Å². The number of hydrogen-bond donors (Lipinski definition) is 0. The Labute approximate surface area is 173 Å². The molecular formula is C22H21N5O3. The summed E-state index contributed by atoms with van der Waals surface area (Å²) in [4.78, 5) is 22.7. The highest BCUT2D eigenvalue weighted by atomic mass is 16.5. The van der Waals surface area contributed by atoms with Crippen molar-refractivity contribution in [2.24, 2.45) is 0 Å². The highest BCUT2D eigenvalue weighted by Crippen LogP contribution is 2.21. The van der Waals surface area contributed by atoms with E-state index in [1.54, 1.807) is 31.6 Å². The van der Waals surface area contributed by atoms with E-state index in [1.807, 2.05) is 59.3 Å². The quantitative estimate of drug-likeness (QED) is 0.471. The van der Waals surface area contributed by atoms with Gasteiger partial charge in [-0.15, -0.1) is 0 Å². The summed E-state index contributed by atoms with van der Waals surface area (Å²) >= 11 is 0. The van der Waals surface area contributed by atoms with Crippen molar-refractivity contribution in [2.75, 3.05) is 14.2 Å². The second-order valence-corrected chi connectivity index (χ2v) is 6.84. The lowest BCUT2D eigenvalue weighted by Crippen LogP contribution is -2.26. The Kier molecular flexibility index (Phi) is 5.56. The van der Waals surface area contributed by atoms with E-state index in [0.29, 0.717) is 29.6 Å². The molecule has 0 aliphatic carbocycles. The van der Waals surface area contributed by atoms with Gasteiger partial charge in [0.15, 0.2) is 0 Å². The summed E-state index contributed by atoms with van der Waals surface area (Å²) in [5.41, 5.74) is 2.47. The zero-order chi connectivity index (χ0) is 20.9.